The van der Waals surface area contributed by atoms with E-state index in [1.54, 1.807) is 0 Å². The highest BCUT2D eigenvalue weighted by molar-refractivity contribution is 5.55. The van der Waals surface area contributed by atoms with E-state index < -0.39 is 0 Å². The first-order valence-electron chi connectivity index (χ1n) is 7.74. The Kier molecular flexibility index (Phi) is 6.84. The lowest BCUT2D eigenvalue weighted by atomic mass is 9.67. The summed E-state index contributed by atoms with van der Waals surface area (Å²) in [6, 6.07) is 0. The monoisotopic (exact) mass is 238 g/mol. The zero-order valence-corrected chi connectivity index (χ0v) is 11.8. The van der Waals surface area contributed by atoms with Crippen LogP contribution in [0.15, 0.2) is 0 Å². The molecule has 0 heterocycles. The van der Waals surface area contributed by atoms with Crippen molar-refractivity contribution in [3.05, 3.63) is 0 Å². The molecule has 1 aliphatic carbocycles. The molecule has 1 atom stereocenters. The summed E-state index contributed by atoms with van der Waals surface area (Å²) in [5.74, 6) is 0.315. The Morgan fingerprint density at radius 1 is 0.941 bits per heavy atom. The maximum atomic E-state index is 11.4. The third-order valence-electron chi connectivity index (χ3n) is 5.05. The highest BCUT2D eigenvalue weighted by Gasteiger charge is 2.34. The molecular weight excluding hydrogens is 208 g/mol. The molecule has 0 aromatic rings. The lowest BCUT2D eigenvalue weighted by molar-refractivity contribution is -0.116. The summed E-state index contributed by atoms with van der Waals surface area (Å²) in [5, 5.41) is 0. The second kappa shape index (κ2) is 7.89. The van der Waals surface area contributed by atoms with E-state index in [4.69, 9.17) is 0 Å². The van der Waals surface area contributed by atoms with Gasteiger partial charge in [-0.15, -0.1) is 0 Å². The van der Waals surface area contributed by atoms with Crippen LogP contribution in [0.2, 0.25) is 0 Å². The van der Waals surface area contributed by atoms with Crippen molar-refractivity contribution in [1.29, 1.82) is 0 Å². The third-order valence-corrected chi connectivity index (χ3v) is 5.05. The van der Waals surface area contributed by atoms with Gasteiger partial charge in [0.1, 0.15) is 6.29 Å². The van der Waals surface area contributed by atoms with E-state index in [1.807, 2.05) is 0 Å². The number of hydrogen-bond acceptors (Lipinski definition) is 1. The Balaban J connectivity index is 2.72. The van der Waals surface area contributed by atoms with Gasteiger partial charge in [-0.3, -0.25) is 0 Å². The molecule has 0 aromatic heterocycles. The number of carbonyl (C=O) groups is 1. The minimum Gasteiger partial charge on any atom is -0.303 e. The summed E-state index contributed by atoms with van der Waals surface area (Å²) in [4.78, 5) is 11.4. The molecule has 1 rings (SSSR count). The minimum absolute atomic E-state index is 0.312. The van der Waals surface area contributed by atoms with Crippen molar-refractivity contribution in [3.63, 3.8) is 0 Å². The molecule has 1 heteroatoms. The molecule has 0 aliphatic heterocycles. The Morgan fingerprint density at radius 2 is 1.47 bits per heavy atom. The van der Waals surface area contributed by atoms with Crippen molar-refractivity contribution in [1.82, 2.24) is 0 Å². The lowest BCUT2D eigenvalue weighted by Crippen LogP contribution is -2.30. The van der Waals surface area contributed by atoms with Gasteiger partial charge in [-0.1, -0.05) is 58.8 Å². The van der Waals surface area contributed by atoms with Gasteiger partial charge in [-0.25, -0.2) is 0 Å². The van der Waals surface area contributed by atoms with Crippen molar-refractivity contribution in [3.8, 4) is 0 Å². The van der Waals surface area contributed by atoms with Gasteiger partial charge in [0.05, 0.1) is 0 Å². The lowest BCUT2D eigenvalue weighted by Gasteiger charge is -2.37. The second-order valence-electron chi connectivity index (χ2n) is 5.83. The molecule has 0 radical (unpaired) electrons. The number of carbonyl (C=O) groups excluding carboxylic acids is 1. The summed E-state index contributed by atoms with van der Waals surface area (Å²) in [5.41, 5.74) is 0.312. The Hall–Kier alpha value is -0.330. The van der Waals surface area contributed by atoms with Gasteiger partial charge in [-0.05, 0) is 31.1 Å². The van der Waals surface area contributed by atoms with Crippen molar-refractivity contribution in [2.24, 2.45) is 11.3 Å². The van der Waals surface area contributed by atoms with E-state index in [2.05, 4.69) is 13.8 Å². The van der Waals surface area contributed by atoms with Crippen LogP contribution in [0.25, 0.3) is 0 Å². The number of hydrogen-bond donors (Lipinski definition) is 0. The van der Waals surface area contributed by atoms with E-state index in [1.165, 1.54) is 70.5 Å². The summed E-state index contributed by atoms with van der Waals surface area (Å²) in [6.07, 6.45) is 15.5. The van der Waals surface area contributed by atoms with Gasteiger partial charge in [0.2, 0.25) is 0 Å². The maximum absolute atomic E-state index is 11.4. The van der Waals surface area contributed by atoms with Crippen LogP contribution in [0.4, 0.5) is 0 Å². The molecule has 1 unspecified atom stereocenters. The fraction of sp³-hybridized carbons (Fsp3) is 0.938. The first-order chi connectivity index (χ1) is 8.29. The molecule has 1 fully saturated rings. The van der Waals surface area contributed by atoms with Crippen LogP contribution in [-0.4, -0.2) is 6.29 Å². The number of aldehydes is 1. The van der Waals surface area contributed by atoms with Gasteiger partial charge < -0.3 is 4.79 Å². The molecule has 0 amide bonds. The van der Waals surface area contributed by atoms with E-state index in [9.17, 15) is 4.79 Å². The highest BCUT2D eigenvalue weighted by atomic mass is 16.1. The van der Waals surface area contributed by atoms with E-state index in [0.29, 0.717) is 11.3 Å². The van der Waals surface area contributed by atoms with Crippen molar-refractivity contribution >= 4 is 6.29 Å². The Bertz CT molecular complexity index is 206. The molecule has 100 valence electrons. The molecule has 1 nitrogen and oxygen atoms in total. The van der Waals surface area contributed by atoms with Crippen LogP contribution in [0.3, 0.4) is 0 Å². The molecule has 0 bridgehead atoms. The van der Waals surface area contributed by atoms with Gasteiger partial charge in [0.25, 0.3) is 0 Å². The normalized spacial score (nSPS) is 27.1. The van der Waals surface area contributed by atoms with Crippen LogP contribution in [-0.2, 0) is 4.79 Å². The fourth-order valence-corrected chi connectivity index (χ4v) is 3.56. The predicted octanol–water partition coefficient (Wildman–Crippen LogP) is 5.13. The van der Waals surface area contributed by atoms with Crippen molar-refractivity contribution in [2.75, 3.05) is 0 Å². The SMILES string of the molecule is CCC1(CC)CCCCCCCCCC1C=O. The molecular formula is C16H30O. The minimum atomic E-state index is 0.312. The van der Waals surface area contributed by atoms with Gasteiger partial charge >= 0.3 is 0 Å². The van der Waals surface area contributed by atoms with Crippen molar-refractivity contribution < 1.29 is 4.79 Å². The first-order valence-corrected chi connectivity index (χ1v) is 7.74. The molecule has 0 saturated heterocycles. The summed E-state index contributed by atoms with van der Waals surface area (Å²) in [6.45, 7) is 4.55. The van der Waals surface area contributed by atoms with Crippen LogP contribution in [0, 0.1) is 11.3 Å². The summed E-state index contributed by atoms with van der Waals surface area (Å²) >= 11 is 0. The smallest absolute Gasteiger partial charge is 0.123 e. The van der Waals surface area contributed by atoms with E-state index in [0.717, 1.165) is 6.42 Å². The van der Waals surface area contributed by atoms with E-state index >= 15 is 0 Å². The van der Waals surface area contributed by atoms with Crippen LogP contribution >= 0.6 is 0 Å². The average molecular weight is 238 g/mol. The zero-order chi connectivity index (χ0) is 12.6. The molecule has 0 N–H and O–H groups in total. The molecule has 0 spiro atoms. The fourth-order valence-electron chi connectivity index (χ4n) is 3.56. The van der Waals surface area contributed by atoms with E-state index in [-0.39, 0.29) is 0 Å². The molecule has 1 saturated carbocycles. The highest BCUT2D eigenvalue weighted by Crippen LogP contribution is 2.42. The maximum Gasteiger partial charge on any atom is 0.123 e. The Labute approximate surface area is 107 Å². The van der Waals surface area contributed by atoms with Crippen LogP contribution in [0.5, 0.6) is 0 Å². The summed E-state index contributed by atoms with van der Waals surface area (Å²) in [7, 11) is 0. The second-order valence-corrected chi connectivity index (χ2v) is 5.83. The molecule has 1 aliphatic rings. The topological polar surface area (TPSA) is 17.1 Å². The standard InChI is InChI=1S/C16H30O/c1-3-16(4-2)13-11-9-7-5-6-8-10-12-15(16)14-17/h14-15H,3-13H2,1-2H3. The van der Waals surface area contributed by atoms with Gasteiger partial charge in [-0.2, -0.15) is 0 Å². The van der Waals surface area contributed by atoms with Crippen LogP contribution < -0.4 is 0 Å². The first kappa shape index (κ1) is 14.7. The Morgan fingerprint density at radius 3 is 2.00 bits per heavy atom. The third kappa shape index (κ3) is 4.12. The van der Waals surface area contributed by atoms with Gasteiger partial charge in [0.15, 0.2) is 0 Å². The predicted molar refractivity (Wildman–Crippen MR) is 74.1 cm³/mol. The zero-order valence-electron chi connectivity index (χ0n) is 11.8. The largest absolute Gasteiger partial charge is 0.303 e. The number of rotatable bonds is 3. The van der Waals surface area contributed by atoms with Crippen molar-refractivity contribution in [2.45, 2.75) is 84.5 Å². The molecule has 0 aromatic carbocycles. The molecule has 17 heavy (non-hydrogen) atoms. The van der Waals surface area contributed by atoms with Crippen LogP contribution in [0.1, 0.15) is 84.5 Å². The van der Waals surface area contributed by atoms with Gasteiger partial charge in [0, 0.05) is 5.92 Å². The average Bonchev–Trinajstić information content (AvgIpc) is 2.41. The summed E-state index contributed by atoms with van der Waals surface area (Å²) < 4.78 is 0. The quantitative estimate of drug-likeness (QED) is 0.623.